The van der Waals surface area contributed by atoms with Crippen molar-refractivity contribution in [1.82, 2.24) is 5.32 Å². The Morgan fingerprint density at radius 2 is 2.00 bits per heavy atom. The number of nitrogens with one attached hydrogen (secondary N) is 1. The number of rotatable bonds is 3. The average Bonchev–Trinajstić information content (AvgIpc) is 2.77. The van der Waals surface area contributed by atoms with E-state index >= 15 is 0 Å². The summed E-state index contributed by atoms with van der Waals surface area (Å²) in [5.74, 6) is 1.57. The summed E-state index contributed by atoms with van der Waals surface area (Å²) in [6.07, 6.45) is 7.85. The minimum Gasteiger partial charge on any atom is -0.396 e. The van der Waals surface area contributed by atoms with E-state index in [0.717, 1.165) is 18.9 Å². The minimum atomic E-state index is 0.333. The van der Waals surface area contributed by atoms with E-state index in [9.17, 15) is 0 Å². The van der Waals surface area contributed by atoms with Gasteiger partial charge in [0.15, 0.2) is 0 Å². The lowest BCUT2D eigenvalue weighted by atomic mass is 9.74. The van der Waals surface area contributed by atoms with Crippen molar-refractivity contribution in [2.24, 2.45) is 11.8 Å². The van der Waals surface area contributed by atoms with E-state index in [1.165, 1.54) is 32.1 Å². The van der Waals surface area contributed by atoms with Gasteiger partial charge in [0.25, 0.3) is 0 Å². The molecular formula is C12H23NO. The Morgan fingerprint density at radius 1 is 1.29 bits per heavy atom. The van der Waals surface area contributed by atoms with E-state index in [1.54, 1.807) is 0 Å². The molecule has 1 aliphatic heterocycles. The van der Waals surface area contributed by atoms with Crippen LogP contribution < -0.4 is 5.32 Å². The van der Waals surface area contributed by atoms with Crippen LogP contribution in [0.1, 0.15) is 45.4 Å². The molecule has 0 amide bonds. The molecule has 0 bridgehead atoms. The molecule has 2 rings (SSSR count). The zero-order valence-electron chi connectivity index (χ0n) is 9.26. The largest absolute Gasteiger partial charge is 0.396 e. The molecule has 1 saturated carbocycles. The van der Waals surface area contributed by atoms with Gasteiger partial charge in [0.05, 0.1) is 0 Å². The van der Waals surface area contributed by atoms with Crippen LogP contribution in [0.25, 0.3) is 0 Å². The van der Waals surface area contributed by atoms with Gasteiger partial charge in [0, 0.05) is 12.1 Å². The van der Waals surface area contributed by atoms with Crippen LogP contribution in [0.3, 0.4) is 0 Å². The first-order valence-electron chi connectivity index (χ1n) is 6.13. The highest BCUT2D eigenvalue weighted by Crippen LogP contribution is 2.42. The third-order valence-corrected chi connectivity index (χ3v) is 4.53. The third kappa shape index (κ3) is 1.70. The minimum absolute atomic E-state index is 0.333. The molecule has 2 fully saturated rings. The van der Waals surface area contributed by atoms with Crippen LogP contribution in [-0.2, 0) is 0 Å². The number of hydrogen-bond acceptors (Lipinski definition) is 2. The van der Waals surface area contributed by atoms with Crippen LogP contribution in [0.5, 0.6) is 0 Å². The van der Waals surface area contributed by atoms with Crippen LogP contribution in [0.15, 0.2) is 0 Å². The summed E-state index contributed by atoms with van der Waals surface area (Å²) in [4.78, 5) is 0. The van der Waals surface area contributed by atoms with Crippen LogP contribution in [-0.4, -0.2) is 23.8 Å². The van der Waals surface area contributed by atoms with Gasteiger partial charge in [-0.1, -0.05) is 12.8 Å². The van der Waals surface area contributed by atoms with Crippen molar-refractivity contribution >= 4 is 0 Å². The summed E-state index contributed by atoms with van der Waals surface area (Å²) < 4.78 is 0. The normalized spacial score (nSPS) is 39.4. The molecule has 1 aliphatic carbocycles. The number of hydrogen-bond donors (Lipinski definition) is 2. The van der Waals surface area contributed by atoms with Crippen molar-refractivity contribution < 1.29 is 5.11 Å². The Kier molecular flexibility index (Phi) is 3.13. The van der Waals surface area contributed by atoms with Crippen molar-refractivity contribution in [3.8, 4) is 0 Å². The molecule has 2 heteroatoms. The first-order valence-corrected chi connectivity index (χ1v) is 6.13. The van der Waals surface area contributed by atoms with Gasteiger partial charge in [-0.25, -0.2) is 0 Å². The molecular weight excluding hydrogens is 174 g/mol. The fraction of sp³-hybridized carbons (Fsp3) is 1.00. The summed E-state index contributed by atoms with van der Waals surface area (Å²) in [5.41, 5.74) is 0.333. The topological polar surface area (TPSA) is 32.3 Å². The molecule has 1 saturated heterocycles. The average molecular weight is 197 g/mol. The maximum Gasteiger partial charge on any atom is 0.0434 e. The van der Waals surface area contributed by atoms with E-state index in [4.69, 9.17) is 5.11 Å². The van der Waals surface area contributed by atoms with Gasteiger partial charge < -0.3 is 10.4 Å². The highest BCUT2D eigenvalue weighted by molar-refractivity contribution is 5.01. The molecule has 0 spiro atoms. The molecule has 2 unspecified atom stereocenters. The zero-order valence-corrected chi connectivity index (χ0v) is 9.26. The third-order valence-electron chi connectivity index (χ3n) is 4.53. The Hall–Kier alpha value is -0.0800. The lowest BCUT2D eigenvalue weighted by Crippen LogP contribution is -2.48. The highest BCUT2D eigenvalue weighted by Gasteiger charge is 2.44. The standard InChI is InChI=1S/C12H23NO/c1-12(10-4-2-3-5-10)11(7-9-14)6-8-13-12/h10-11,13-14H,2-9H2,1H3. The van der Waals surface area contributed by atoms with Crippen molar-refractivity contribution in [2.75, 3.05) is 13.2 Å². The van der Waals surface area contributed by atoms with Gasteiger partial charge in [-0.05, 0) is 51.0 Å². The van der Waals surface area contributed by atoms with Gasteiger partial charge in [0.1, 0.15) is 0 Å². The molecule has 14 heavy (non-hydrogen) atoms. The quantitative estimate of drug-likeness (QED) is 0.724. The molecule has 2 atom stereocenters. The number of aliphatic hydroxyl groups is 1. The molecule has 0 aromatic rings. The van der Waals surface area contributed by atoms with E-state index in [-0.39, 0.29) is 0 Å². The lowest BCUT2D eigenvalue weighted by molar-refractivity contribution is 0.159. The van der Waals surface area contributed by atoms with Crippen molar-refractivity contribution in [2.45, 2.75) is 51.0 Å². The van der Waals surface area contributed by atoms with Crippen LogP contribution in [0, 0.1) is 11.8 Å². The maximum atomic E-state index is 9.07. The summed E-state index contributed by atoms with van der Waals surface area (Å²) in [6, 6.07) is 0. The van der Waals surface area contributed by atoms with Gasteiger partial charge in [-0.15, -0.1) is 0 Å². The lowest BCUT2D eigenvalue weighted by Gasteiger charge is -2.37. The second-order valence-corrected chi connectivity index (χ2v) is 5.19. The van der Waals surface area contributed by atoms with Gasteiger partial charge in [-0.3, -0.25) is 0 Å². The van der Waals surface area contributed by atoms with Crippen LogP contribution in [0.2, 0.25) is 0 Å². The summed E-state index contributed by atoms with van der Waals surface area (Å²) in [5, 5.41) is 12.8. The van der Waals surface area contributed by atoms with E-state index in [0.29, 0.717) is 18.1 Å². The predicted molar refractivity (Wildman–Crippen MR) is 58.2 cm³/mol. The Morgan fingerprint density at radius 3 is 2.64 bits per heavy atom. The Labute approximate surface area is 87.1 Å². The van der Waals surface area contributed by atoms with Crippen molar-refractivity contribution in [1.29, 1.82) is 0 Å². The highest BCUT2D eigenvalue weighted by atomic mass is 16.3. The zero-order chi connectivity index (χ0) is 10.0. The molecule has 0 aromatic heterocycles. The van der Waals surface area contributed by atoms with E-state index < -0.39 is 0 Å². The van der Waals surface area contributed by atoms with Crippen molar-refractivity contribution in [3.63, 3.8) is 0 Å². The molecule has 1 heterocycles. The summed E-state index contributed by atoms with van der Waals surface area (Å²) in [7, 11) is 0. The second-order valence-electron chi connectivity index (χ2n) is 5.19. The fourth-order valence-electron chi connectivity index (χ4n) is 3.56. The van der Waals surface area contributed by atoms with Gasteiger partial charge >= 0.3 is 0 Å². The van der Waals surface area contributed by atoms with Crippen LogP contribution >= 0.6 is 0 Å². The molecule has 0 radical (unpaired) electrons. The first kappa shape index (κ1) is 10.4. The molecule has 0 aromatic carbocycles. The monoisotopic (exact) mass is 197 g/mol. The van der Waals surface area contributed by atoms with Gasteiger partial charge in [0.2, 0.25) is 0 Å². The predicted octanol–water partition coefficient (Wildman–Crippen LogP) is 1.93. The van der Waals surface area contributed by atoms with Gasteiger partial charge in [-0.2, -0.15) is 0 Å². The second kappa shape index (κ2) is 4.19. The van der Waals surface area contributed by atoms with E-state index in [1.807, 2.05) is 0 Å². The van der Waals surface area contributed by atoms with E-state index in [2.05, 4.69) is 12.2 Å². The van der Waals surface area contributed by atoms with Crippen molar-refractivity contribution in [3.05, 3.63) is 0 Å². The first-order chi connectivity index (χ1) is 6.77. The Balaban J connectivity index is 2.03. The molecule has 2 nitrogen and oxygen atoms in total. The molecule has 2 N–H and O–H groups in total. The fourth-order valence-corrected chi connectivity index (χ4v) is 3.56. The summed E-state index contributed by atoms with van der Waals surface area (Å²) in [6.45, 7) is 3.89. The number of aliphatic hydroxyl groups excluding tert-OH is 1. The maximum absolute atomic E-state index is 9.07. The van der Waals surface area contributed by atoms with Crippen LogP contribution in [0.4, 0.5) is 0 Å². The molecule has 82 valence electrons. The Bertz CT molecular complexity index is 189. The SMILES string of the molecule is CC1(C2CCCC2)NCCC1CCO. The molecule has 2 aliphatic rings. The smallest absolute Gasteiger partial charge is 0.0434 e. The summed E-state index contributed by atoms with van der Waals surface area (Å²) >= 11 is 0.